The highest BCUT2D eigenvalue weighted by Gasteiger charge is 2.38. The number of amides is 1. The lowest BCUT2D eigenvalue weighted by atomic mass is 9.99. The lowest BCUT2D eigenvalue weighted by Gasteiger charge is -2.11. The number of rotatable bonds is 6. The quantitative estimate of drug-likeness (QED) is 0.395. The van der Waals surface area contributed by atoms with Crippen molar-refractivity contribution in [3.63, 3.8) is 0 Å². The number of benzene rings is 1. The maximum absolute atomic E-state index is 12.8. The summed E-state index contributed by atoms with van der Waals surface area (Å²) in [6.45, 7) is 4.17. The molecule has 1 aromatic heterocycles. The molecule has 1 aromatic carbocycles. The Hall–Kier alpha value is -3.44. The molecule has 32 heavy (non-hydrogen) atoms. The van der Waals surface area contributed by atoms with Crippen molar-refractivity contribution in [3.05, 3.63) is 57.0 Å². The highest BCUT2D eigenvalue weighted by atomic mass is 32.1. The van der Waals surface area contributed by atoms with Crippen LogP contribution in [0, 0.1) is 11.3 Å². The topological polar surface area (TPSA) is 105 Å². The fourth-order valence-electron chi connectivity index (χ4n) is 3.70. The minimum atomic E-state index is -0.652. The largest absolute Gasteiger partial charge is 0.469 e. The predicted octanol–water partition coefficient (Wildman–Crippen LogP) is 4.41. The van der Waals surface area contributed by atoms with Gasteiger partial charge in [-0.3, -0.25) is 9.59 Å². The van der Waals surface area contributed by atoms with E-state index >= 15 is 0 Å². The molecular weight excluding hydrogens is 428 g/mol. The van der Waals surface area contributed by atoms with Crippen LogP contribution >= 0.6 is 11.3 Å². The molecule has 8 heteroatoms. The Bertz CT molecular complexity index is 1120. The van der Waals surface area contributed by atoms with Crippen LogP contribution in [0.2, 0.25) is 0 Å². The minimum Gasteiger partial charge on any atom is -0.469 e. The van der Waals surface area contributed by atoms with E-state index in [4.69, 9.17) is 9.47 Å². The van der Waals surface area contributed by atoms with E-state index in [1.54, 1.807) is 0 Å². The minimum absolute atomic E-state index is 0.101. The van der Waals surface area contributed by atoms with Gasteiger partial charge in [0, 0.05) is 4.88 Å². The normalized spacial score (nSPS) is 15.1. The second-order valence-corrected chi connectivity index (χ2v) is 8.80. The Labute approximate surface area is 190 Å². The highest BCUT2D eigenvalue weighted by Crippen LogP contribution is 2.46. The molecular formula is C24H24N2O5S. The average Bonchev–Trinajstić information content (AvgIpc) is 3.35. The van der Waals surface area contributed by atoms with Crippen molar-refractivity contribution in [1.82, 2.24) is 0 Å². The number of anilines is 1. The Kier molecular flexibility index (Phi) is 7.11. The zero-order valence-corrected chi connectivity index (χ0v) is 19.2. The van der Waals surface area contributed by atoms with Crippen molar-refractivity contribution in [1.29, 1.82) is 5.26 Å². The van der Waals surface area contributed by atoms with Crippen LogP contribution in [0.5, 0.6) is 0 Å². The van der Waals surface area contributed by atoms with Gasteiger partial charge in [0.2, 0.25) is 0 Å². The summed E-state index contributed by atoms with van der Waals surface area (Å²) in [7, 11) is 2.53. The van der Waals surface area contributed by atoms with Crippen molar-refractivity contribution in [2.24, 2.45) is 0 Å². The number of methoxy groups -OCH3 is 2. The fraction of sp³-hybridized carbons (Fsp3) is 0.333. The number of thiophene rings is 1. The second-order valence-electron chi connectivity index (χ2n) is 7.69. The Balaban J connectivity index is 1.92. The van der Waals surface area contributed by atoms with Gasteiger partial charge in [0.15, 0.2) is 0 Å². The fourth-order valence-corrected chi connectivity index (χ4v) is 4.96. The number of nitrogens with one attached hydrogen (secondary N) is 1. The number of carbonyl (C=O) groups excluding carboxylic acids is 3. The van der Waals surface area contributed by atoms with Crippen molar-refractivity contribution < 1.29 is 23.9 Å². The van der Waals surface area contributed by atoms with Gasteiger partial charge in [-0.05, 0) is 41.5 Å². The molecule has 1 aliphatic rings. The van der Waals surface area contributed by atoms with Gasteiger partial charge in [0.05, 0.1) is 25.7 Å². The van der Waals surface area contributed by atoms with E-state index in [1.807, 2.05) is 30.3 Å². The number of ether oxygens (including phenoxy) is 2. The number of hydrogen-bond acceptors (Lipinski definition) is 7. The zero-order valence-electron chi connectivity index (χ0n) is 18.4. The first-order valence-corrected chi connectivity index (χ1v) is 11.0. The molecule has 0 saturated heterocycles. The van der Waals surface area contributed by atoms with E-state index in [0.29, 0.717) is 29.9 Å². The first-order chi connectivity index (χ1) is 15.3. The van der Waals surface area contributed by atoms with Crippen molar-refractivity contribution >= 4 is 40.3 Å². The summed E-state index contributed by atoms with van der Waals surface area (Å²) >= 11 is 1.21. The summed E-state index contributed by atoms with van der Waals surface area (Å²) in [6, 6.07) is 9.52. The number of aryl methyl sites for hydroxylation is 1. The summed E-state index contributed by atoms with van der Waals surface area (Å²) in [5, 5.41) is 12.5. The maximum Gasteiger partial charge on any atom is 0.341 e. The molecule has 0 radical (unpaired) electrons. The van der Waals surface area contributed by atoms with Gasteiger partial charge in [0.25, 0.3) is 5.91 Å². The summed E-state index contributed by atoms with van der Waals surface area (Å²) in [4.78, 5) is 38.4. The molecule has 1 heterocycles. The number of esters is 2. The van der Waals surface area contributed by atoms with E-state index < -0.39 is 23.8 Å². The molecule has 0 spiro atoms. The SMILES string of the molecule is COC(=O)c1c(NC(=O)/C(C#N)=C\c2ccc(C(C)C)cc2)sc2c1[C@H](C(=O)OC)CC2. The molecule has 166 valence electrons. The predicted molar refractivity (Wildman–Crippen MR) is 121 cm³/mol. The molecule has 7 nitrogen and oxygen atoms in total. The molecule has 0 unspecified atom stereocenters. The van der Waals surface area contributed by atoms with Gasteiger partial charge in [0.1, 0.15) is 16.6 Å². The summed E-state index contributed by atoms with van der Waals surface area (Å²) < 4.78 is 9.77. The summed E-state index contributed by atoms with van der Waals surface area (Å²) in [5.74, 6) is -1.94. The van der Waals surface area contributed by atoms with Crippen LogP contribution in [0.1, 0.15) is 64.0 Å². The number of nitrogens with zero attached hydrogens (tertiary/aromatic N) is 1. The number of hydrogen-bond donors (Lipinski definition) is 1. The first kappa shape index (κ1) is 23.2. The lowest BCUT2D eigenvalue weighted by Crippen LogP contribution is -2.18. The second kappa shape index (κ2) is 9.79. The number of carbonyl (C=O) groups is 3. The third kappa shape index (κ3) is 4.58. The van der Waals surface area contributed by atoms with Crippen LogP contribution in [0.3, 0.4) is 0 Å². The molecule has 1 amide bonds. The molecule has 0 bridgehead atoms. The number of fused-ring (bicyclic) bond motifs is 1. The van der Waals surface area contributed by atoms with Crippen LogP contribution in [0.4, 0.5) is 5.00 Å². The van der Waals surface area contributed by atoms with Crippen LogP contribution < -0.4 is 5.32 Å². The third-order valence-electron chi connectivity index (χ3n) is 5.41. The van der Waals surface area contributed by atoms with Crippen LogP contribution in [0.15, 0.2) is 29.8 Å². The van der Waals surface area contributed by atoms with E-state index in [0.717, 1.165) is 10.4 Å². The zero-order chi connectivity index (χ0) is 23.4. The molecule has 1 aliphatic carbocycles. The van der Waals surface area contributed by atoms with Gasteiger partial charge >= 0.3 is 11.9 Å². The van der Waals surface area contributed by atoms with Gasteiger partial charge in [-0.1, -0.05) is 38.1 Å². The van der Waals surface area contributed by atoms with Gasteiger partial charge < -0.3 is 14.8 Å². The van der Waals surface area contributed by atoms with Crippen LogP contribution in [-0.2, 0) is 25.5 Å². The third-order valence-corrected chi connectivity index (χ3v) is 6.59. The number of nitriles is 1. The Morgan fingerprint density at radius 1 is 1.19 bits per heavy atom. The van der Waals surface area contributed by atoms with Gasteiger partial charge in [-0.25, -0.2) is 4.79 Å². The van der Waals surface area contributed by atoms with Crippen LogP contribution in [0.25, 0.3) is 6.08 Å². The Morgan fingerprint density at radius 2 is 1.88 bits per heavy atom. The van der Waals surface area contributed by atoms with E-state index in [9.17, 15) is 19.6 Å². The Morgan fingerprint density at radius 3 is 2.44 bits per heavy atom. The van der Waals surface area contributed by atoms with Gasteiger partial charge in [-0.15, -0.1) is 11.3 Å². The molecule has 3 rings (SSSR count). The molecule has 0 fully saturated rings. The van der Waals surface area contributed by atoms with E-state index in [-0.39, 0.29) is 16.1 Å². The highest BCUT2D eigenvalue weighted by molar-refractivity contribution is 7.17. The summed E-state index contributed by atoms with van der Waals surface area (Å²) in [5.41, 5.74) is 2.45. The van der Waals surface area contributed by atoms with Gasteiger partial charge in [-0.2, -0.15) is 5.26 Å². The standard InChI is InChI=1S/C24H24N2O5S/c1-13(2)15-7-5-14(6-8-15)11-16(12-25)21(27)26-22-20(24(29)31-4)19-17(23(28)30-3)9-10-18(19)32-22/h5-8,11,13,17H,9-10H2,1-4H3,(H,26,27)/b16-11-/t17-/m1/s1. The molecule has 1 N–H and O–H groups in total. The van der Waals surface area contributed by atoms with Crippen molar-refractivity contribution in [3.8, 4) is 6.07 Å². The molecule has 0 saturated carbocycles. The van der Waals surface area contributed by atoms with E-state index in [2.05, 4.69) is 19.2 Å². The first-order valence-electron chi connectivity index (χ1n) is 10.2. The van der Waals surface area contributed by atoms with Crippen molar-refractivity contribution in [2.75, 3.05) is 19.5 Å². The average molecular weight is 453 g/mol. The maximum atomic E-state index is 12.8. The lowest BCUT2D eigenvalue weighted by molar-refractivity contribution is -0.142. The summed E-state index contributed by atoms with van der Waals surface area (Å²) in [6.07, 6.45) is 2.61. The molecule has 0 aliphatic heterocycles. The monoisotopic (exact) mass is 452 g/mol. The van der Waals surface area contributed by atoms with Crippen molar-refractivity contribution in [2.45, 2.75) is 38.5 Å². The van der Waals surface area contributed by atoms with E-state index in [1.165, 1.54) is 31.6 Å². The van der Waals surface area contributed by atoms with Crippen LogP contribution in [-0.4, -0.2) is 32.1 Å². The molecule has 2 aromatic rings. The molecule has 1 atom stereocenters. The smallest absolute Gasteiger partial charge is 0.341 e.